The number of nitrogens with zero attached hydrogens (tertiary/aromatic N) is 2. The molecule has 0 aliphatic carbocycles. The maximum atomic E-state index is 3.42. The van der Waals surface area contributed by atoms with Crippen LogP contribution in [0.25, 0.3) is 0 Å². The van der Waals surface area contributed by atoms with E-state index in [-0.39, 0.29) is 0 Å². The molecule has 3 nitrogen and oxygen atoms in total. The van der Waals surface area contributed by atoms with Crippen LogP contribution in [0.3, 0.4) is 0 Å². The minimum absolute atomic E-state index is 0.857. The van der Waals surface area contributed by atoms with E-state index in [1.165, 1.54) is 58.7 Å². The van der Waals surface area contributed by atoms with Gasteiger partial charge in [-0.25, -0.2) is 0 Å². The summed E-state index contributed by atoms with van der Waals surface area (Å²) in [4.78, 5) is 5.30. The summed E-state index contributed by atoms with van der Waals surface area (Å²) in [5.74, 6) is 0.883. The molecule has 0 aromatic heterocycles. The molecule has 2 aliphatic heterocycles. The Hall–Kier alpha value is -0.120. The van der Waals surface area contributed by atoms with Gasteiger partial charge in [0.05, 0.1) is 0 Å². The van der Waals surface area contributed by atoms with Crippen molar-refractivity contribution in [1.29, 1.82) is 0 Å². The van der Waals surface area contributed by atoms with E-state index in [9.17, 15) is 0 Å². The first-order valence-corrected chi connectivity index (χ1v) is 6.96. The molecule has 2 fully saturated rings. The van der Waals surface area contributed by atoms with Gasteiger partial charge in [-0.2, -0.15) is 0 Å². The van der Waals surface area contributed by atoms with Crippen LogP contribution >= 0.6 is 0 Å². The monoisotopic (exact) mass is 225 g/mol. The number of hydrogen-bond acceptors (Lipinski definition) is 3. The van der Waals surface area contributed by atoms with Crippen LogP contribution in [0.4, 0.5) is 0 Å². The first kappa shape index (κ1) is 12.3. The lowest BCUT2D eigenvalue weighted by atomic mass is 10.0. The molecule has 0 aromatic rings. The highest BCUT2D eigenvalue weighted by Crippen LogP contribution is 2.18. The van der Waals surface area contributed by atoms with E-state index < -0.39 is 0 Å². The molecule has 0 bridgehead atoms. The fourth-order valence-corrected chi connectivity index (χ4v) is 2.99. The summed E-state index contributed by atoms with van der Waals surface area (Å²) in [6.07, 6.45) is 2.71. The van der Waals surface area contributed by atoms with Crippen LogP contribution in [-0.2, 0) is 0 Å². The minimum Gasteiger partial charge on any atom is -0.314 e. The second kappa shape index (κ2) is 5.99. The van der Waals surface area contributed by atoms with Crippen LogP contribution in [-0.4, -0.2) is 61.7 Å². The Bertz CT molecular complexity index is 195. The van der Waals surface area contributed by atoms with E-state index in [0.717, 1.165) is 12.0 Å². The quantitative estimate of drug-likeness (QED) is 0.753. The lowest BCUT2D eigenvalue weighted by Crippen LogP contribution is -2.63. The van der Waals surface area contributed by atoms with Crippen LogP contribution in [0.2, 0.25) is 0 Å². The van der Waals surface area contributed by atoms with Gasteiger partial charge in [0, 0.05) is 51.9 Å². The molecular formula is C13H27N3. The Morgan fingerprint density at radius 3 is 2.56 bits per heavy atom. The smallest absolute Gasteiger partial charge is 0.0351 e. The van der Waals surface area contributed by atoms with Crippen molar-refractivity contribution in [1.82, 2.24) is 15.1 Å². The maximum absolute atomic E-state index is 3.42. The number of rotatable bonds is 5. The average Bonchev–Trinajstić information content (AvgIpc) is 2.24. The van der Waals surface area contributed by atoms with Crippen molar-refractivity contribution in [2.45, 2.75) is 32.7 Å². The molecule has 1 atom stereocenters. The lowest BCUT2D eigenvalue weighted by Gasteiger charge is -2.47. The van der Waals surface area contributed by atoms with E-state index in [0.29, 0.717) is 0 Å². The zero-order valence-corrected chi connectivity index (χ0v) is 10.9. The van der Waals surface area contributed by atoms with E-state index in [2.05, 4.69) is 29.0 Å². The summed E-state index contributed by atoms with van der Waals surface area (Å²) in [6.45, 7) is 13.5. The van der Waals surface area contributed by atoms with Gasteiger partial charge in [-0.3, -0.25) is 9.80 Å². The molecule has 2 aliphatic rings. The Balaban J connectivity index is 1.61. The van der Waals surface area contributed by atoms with Gasteiger partial charge in [0.2, 0.25) is 0 Å². The number of hydrogen-bond donors (Lipinski definition) is 1. The highest BCUT2D eigenvalue weighted by Gasteiger charge is 2.32. The largest absolute Gasteiger partial charge is 0.314 e. The standard InChI is InChI=1S/C13H27N3/c1-3-4-12(2)9-15-10-13(11-15)16-7-5-14-6-8-16/h12-14H,3-11H2,1-2H3. The van der Waals surface area contributed by atoms with Gasteiger partial charge >= 0.3 is 0 Å². The summed E-state index contributed by atoms with van der Waals surface area (Å²) in [5, 5.41) is 3.42. The normalized spacial score (nSPS) is 26.6. The lowest BCUT2D eigenvalue weighted by molar-refractivity contribution is 0.0187. The molecule has 2 heterocycles. The van der Waals surface area contributed by atoms with Gasteiger partial charge in [0.25, 0.3) is 0 Å². The predicted molar refractivity (Wildman–Crippen MR) is 68.7 cm³/mol. The summed E-state index contributed by atoms with van der Waals surface area (Å²) < 4.78 is 0. The molecule has 2 saturated heterocycles. The average molecular weight is 225 g/mol. The fraction of sp³-hybridized carbons (Fsp3) is 1.00. The maximum Gasteiger partial charge on any atom is 0.0351 e. The van der Waals surface area contributed by atoms with E-state index in [1.807, 2.05) is 0 Å². The van der Waals surface area contributed by atoms with Crippen LogP contribution in [0, 0.1) is 5.92 Å². The third-order valence-electron chi connectivity index (χ3n) is 3.96. The molecule has 0 radical (unpaired) electrons. The Morgan fingerprint density at radius 1 is 1.25 bits per heavy atom. The molecule has 94 valence electrons. The zero-order valence-electron chi connectivity index (χ0n) is 10.9. The Labute approximate surface area is 100 Å². The Morgan fingerprint density at radius 2 is 1.94 bits per heavy atom. The van der Waals surface area contributed by atoms with Crippen LogP contribution in [0.5, 0.6) is 0 Å². The molecule has 16 heavy (non-hydrogen) atoms. The van der Waals surface area contributed by atoms with Crippen molar-refractivity contribution >= 4 is 0 Å². The highest BCUT2D eigenvalue weighted by molar-refractivity contribution is 4.90. The molecule has 3 heteroatoms. The molecule has 0 saturated carbocycles. The second-order valence-electron chi connectivity index (χ2n) is 5.55. The van der Waals surface area contributed by atoms with Gasteiger partial charge in [-0.05, 0) is 12.3 Å². The van der Waals surface area contributed by atoms with Crippen LogP contribution in [0.1, 0.15) is 26.7 Å². The summed E-state index contributed by atoms with van der Waals surface area (Å²) >= 11 is 0. The van der Waals surface area contributed by atoms with Crippen molar-refractivity contribution in [2.75, 3.05) is 45.8 Å². The molecule has 0 spiro atoms. The molecule has 1 N–H and O–H groups in total. The molecular weight excluding hydrogens is 198 g/mol. The number of nitrogens with one attached hydrogen (secondary N) is 1. The van der Waals surface area contributed by atoms with E-state index in [4.69, 9.17) is 0 Å². The van der Waals surface area contributed by atoms with Crippen molar-refractivity contribution < 1.29 is 0 Å². The predicted octanol–water partition coefficient (Wildman–Crippen LogP) is 1.01. The number of likely N-dealkylation sites (tertiary alicyclic amines) is 1. The van der Waals surface area contributed by atoms with Crippen LogP contribution < -0.4 is 5.32 Å². The highest BCUT2D eigenvalue weighted by atomic mass is 15.3. The molecule has 0 amide bonds. The van der Waals surface area contributed by atoms with Crippen molar-refractivity contribution in [3.8, 4) is 0 Å². The first-order chi connectivity index (χ1) is 7.79. The van der Waals surface area contributed by atoms with Crippen molar-refractivity contribution in [3.63, 3.8) is 0 Å². The number of piperazine rings is 1. The Kier molecular flexibility index (Phi) is 4.62. The topological polar surface area (TPSA) is 18.5 Å². The van der Waals surface area contributed by atoms with Gasteiger partial charge in [0.1, 0.15) is 0 Å². The molecule has 1 unspecified atom stereocenters. The summed E-state index contributed by atoms with van der Waals surface area (Å²) in [7, 11) is 0. The SMILES string of the molecule is CCCC(C)CN1CC(N2CCNCC2)C1. The second-order valence-corrected chi connectivity index (χ2v) is 5.55. The summed E-state index contributed by atoms with van der Waals surface area (Å²) in [5.41, 5.74) is 0. The van der Waals surface area contributed by atoms with Gasteiger partial charge in [0.15, 0.2) is 0 Å². The van der Waals surface area contributed by atoms with Gasteiger partial charge in [-0.1, -0.05) is 20.3 Å². The van der Waals surface area contributed by atoms with Crippen molar-refractivity contribution in [2.24, 2.45) is 5.92 Å². The van der Waals surface area contributed by atoms with Crippen molar-refractivity contribution in [3.05, 3.63) is 0 Å². The minimum atomic E-state index is 0.857. The van der Waals surface area contributed by atoms with Crippen LogP contribution in [0.15, 0.2) is 0 Å². The first-order valence-electron chi connectivity index (χ1n) is 6.96. The third-order valence-corrected chi connectivity index (χ3v) is 3.96. The third kappa shape index (κ3) is 3.19. The zero-order chi connectivity index (χ0) is 11.4. The van der Waals surface area contributed by atoms with E-state index in [1.54, 1.807) is 0 Å². The fourth-order valence-electron chi connectivity index (χ4n) is 2.99. The summed E-state index contributed by atoms with van der Waals surface area (Å²) in [6, 6.07) is 0.857. The van der Waals surface area contributed by atoms with E-state index >= 15 is 0 Å². The van der Waals surface area contributed by atoms with Gasteiger partial charge < -0.3 is 5.32 Å². The molecule has 0 aromatic carbocycles. The van der Waals surface area contributed by atoms with Gasteiger partial charge in [-0.15, -0.1) is 0 Å². The molecule has 2 rings (SSSR count).